The first-order valence-electron chi connectivity index (χ1n) is 4.78. The van der Waals surface area contributed by atoms with Crippen LogP contribution in [0.1, 0.15) is 5.69 Å². The molecule has 0 bridgehead atoms. The Morgan fingerprint density at radius 3 is 2.88 bits per heavy atom. The summed E-state index contributed by atoms with van der Waals surface area (Å²) in [5.74, 6) is -0.0514. The molecule has 2 heterocycles. The van der Waals surface area contributed by atoms with Gasteiger partial charge in [0.05, 0.1) is 25.2 Å². The van der Waals surface area contributed by atoms with E-state index in [4.69, 9.17) is 4.74 Å². The predicted molar refractivity (Wildman–Crippen MR) is 74.4 cm³/mol. The minimum absolute atomic E-state index is 0.291. The molecule has 0 amide bonds. The molecule has 2 rings (SSSR count). The Morgan fingerprint density at radius 1 is 1.53 bits per heavy atom. The van der Waals surface area contributed by atoms with E-state index in [0.29, 0.717) is 29.1 Å². The predicted octanol–water partition coefficient (Wildman–Crippen LogP) is 3.19. The SMILES string of the molecule is COc1nc(C)cc(F)c1-c1cnn(PI)c1. The highest BCUT2D eigenvalue weighted by atomic mass is 127. The van der Waals surface area contributed by atoms with Gasteiger partial charge in [-0.25, -0.2) is 13.8 Å². The zero-order valence-corrected chi connectivity index (χ0v) is 12.4. The van der Waals surface area contributed by atoms with Gasteiger partial charge in [-0.3, -0.25) is 0 Å². The molecule has 0 aromatic carbocycles. The van der Waals surface area contributed by atoms with Crippen LogP contribution >= 0.6 is 28.4 Å². The van der Waals surface area contributed by atoms with E-state index in [2.05, 4.69) is 32.1 Å². The van der Waals surface area contributed by atoms with Crippen LogP contribution in [0, 0.1) is 12.7 Å². The van der Waals surface area contributed by atoms with Crippen molar-refractivity contribution in [3.8, 4) is 17.0 Å². The molecular formula is C10H10FIN3OP. The Morgan fingerprint density at radius 2 is 2.29 bits per heavy atom. The van der Waals surface area contributed by atoms with E-state index in [0.717, 1.165) is 0 Å². The topological polar surface area (TPSA) is 39.9 Å². The molecule has 4 nitrogen and oxygen atoms in total. The van der Waals surface area contributed by atoms with Gasteiger partial charge in [0.1, 0.15) is 5.82 Å². The zero-order valence-electron chi connectivity index (χ0n) is 9.24. The zero-order chi connectivity index (χ0) is 12.4. The fourth-order valence-electron chi connectivity index (χ4n) is 1.51. The van der Waals surface area contributed by atoms with E-state index in [1.54, 1.807) is 23.8 Å². The van der Waals surface area contributed by atoms with Crippen molar-refractivity contribution in [3.05, 3.63) is 30.0 Å². The third-order valence-electron chi connectivity index (χ3n) is 2.22. The Labute approximate surface area is 113 Å². The molecule has 1 unspecified atom stereocenters. The Bertz CT molecular complexity index is 546. The van der Waals surface area contributed by atoms with E-state index in [1.807, 2.05) is 0 Å². The van der Waals surface area contributed by atoms with Crippen LogP contribution in [0.3, 0.4) is 0 Å². The van der Waals surface area contributed by atoms with Gasteiger partial charge in [-0.05, 0) is 35.0 Å². The van der Waals surface area contributed by atoms with Crippen LogP contribution in [0.2, 0.25) is 0 Å². The summed E-state index contributed by atoms with van der Waals surface area (Å²) < 4.78 is 20.8. The smallest absolute Gasteiger partial charge is 0.224 e. The Kier molecular flexibility index (Phi) is 3.93. The lowest BCUT2D eigenvalue weighted by atomic mass is 10.1. The van der Waals surface area contributed by atoms with Crippen molar-refractivity contribution in [1.82, 2.24) is 14.5 Å². The minimum Gasteiger partial charge on any atom is -0.480 e. The summed E-state index contributed by atoms with van der Waals surface area (Å²) in [4.78, 5) is 4.17. The first-order valence-corrected chi connectivity index (χ1v) is 8.84. The molecule has 0 aliphatic rings. The standard InChI is InChI=1S/C10H10FIN3OP/c1-6-3-8(11)9(10(14-6)16-2)7-4-13-15(5-7)17-12/h3-5,17H,1-2H3. The van der Waals surface area contributed by atoms with Crippen LogP contribution in [-0.4, -0.2) is 21.6 Å². The third kappa shape index (κ3) is 2.57. The number of methoxy groups -OCH3 is 1. The third-order valence-corrected chi connectivity index (χ3v) is 4.12. The molecule has 90 valence electrons. The number of aromatic nitrogens is 3. The minimum atomic E-state index is -0.342. The summed E-state index contributed by atoms with van der Waals surface area (Å²) in [6.45, 7) is 1.73. The van der Waals surface area contributed by atoms with Crippen LogP contribution < -0.4 is 4.74 Å². The summed E-state index contributed by atoms with van der Waals surface area (Å²) in [7, 11) is 1.48. The largest absolute Gasteiger partial charge is 0.480 e. The van der Waals surface area contributed by atoms with Crippen molar-refractivity contribution in [2.45, 2.75) is 6.92 Å². The molecule has 2 aromatic heterocycles. The number of pyridine rings is 1. The van der Waals surface area contributed by atoms with Crippen molar-refractivity contribution >= 4 is 28.4 Å². The van der Waals surface area contributed by atoms with Crippen molar-refractivity contribution in [3.63, 3.8) is 0 Å². The number of halogens is 2. The Balaban J connectivity index is 2.57. The van der Waals surface area contributed by atoms with Gasteiger partial charge in [-0.1, -0.05) is 0 Å². The lowest BCUT2D eigenvalue weighted by Gasteiger charge is -2.07. The highest BCUT2D eigenvalue weighted by Crippen LogP contribution is 2.33. The van der Waals surface area contributed by atoms with Gasteiger partial charge in [-0.15, -0.1) is 0 Å². The van der Waals surface area contributed by atoms with Crippen LogP contribution in [0.5, 0.6) is 5.88 Å². The molecule has 0 radical (unpaired) electrons. The number of hydrogen-bond acceptors (Lipinski definition) is 3. The van der Waals surface area contributed by atoms with Crippen LogP contribution in [0.25, 0.3) is 11.1 Å². The maximum atomic E-state index is 13.9. The second-order valence-corrected chi connectivity index (χ2v) is 5.46. The highest BCUT2D eigenvalue weighted by Gasteiger charge is 2.16. The summed E-state index contributed by atoms with van der Waals surface area (Å²) in [6, 6.07) is 1.39. The van der Waals surface area contributed by atoms with Gasteiger partial charge in [0.15, 0.2) is 0 Å². The van der Waals surface area contributed by atoms with Crippen LogP contribution in [0.4, 0.5) is 4.39 Å². The molecule has 0 spiro atoms. The summed E-state index contributed by atoms with van der Waals surface area (Å²) >= 11 is 2.21. The quantitative estimate of drug-likeness (QED) is 0.620. The lowest BCUT2D eigenvalue weighted by molar-refractivity contribution is 0.395. The monoisotopic (exact) mass is 365 g/mol. The van der Waals surface area contributed by atoms with Crippen molar-refractivity contribution in [2.24, 2.45) is 0 Å². The maximum absolute atomic E-state index is 13.9. The van der Waals surface area contributed by atoms with Gasteiger partial charge in [-0.2, -0.15) is 5.10 Å². The molecule has 0 fully saturated rings. The molecule has 7 heteroatoms. The fourth-order valence-corrected chi connectivity index (χ4v) is 2.59. The van der Waals surface area contributed by atoms with E-state index >= 15 is 0 Å². The average molecular weight is 365 g/mol. The average Bonchev–Trinajstić information content (AvgIpc) is 2.76. The maximum Gasteiger partial charge on any atom is 0.224 e. The molecule has 0 aliphatic carbocycles. The van der Waals surface area contributed by atoms with Gasteiger partial charge in [0, 0.05) is 17.5 Å². The second-order valence-electron chi connectivity index (χ2n) is 3.39. The lowest BCUT2D eigenvalue weighted by Crippen LogP contribution is -1.96. The summed E-state index contributed by atoms with van der Waals surface area (Å²) in [5.41, 5.74) is 1.63. The number of rotatable bonds is 3. The van der Waals surface area contributed by atoms with Gasteiger partial charge >= 0.3 is 0 Å². The van der Waals surface area contributed by atoms with Crippen molar-refractivity contribution in [1.29, 1.82) is 0 Å². The molecule has 2 aromatic rings. The molecule has 1 atom stereocenters. The molecule has 17 heavy (non-hydrogen) atoms. The van der Waals surface area contributed by atoms with Gasteiger partial charge < -0.3 is 4.74 Å². The second kappa shape index (κ2) is 5.27. The molecule has 0 N–H and O–H groups in total. The van der Waals surface area contributed by atoms with Gasteiger partial charge in [0.25, 0.3) is 0 Å². The number of hydrogen-bond donors (Lipinski definition) is 0. The summed E-state index contributed by atoms with van der Waals surface area (Å²) in [6.07, 6.45) is 3.87. The number of aryl methyl sites for hydroxylation is 1. The summed E-state index contributed by atoms with van der Waals surface area (Å²) in [5, 5.41) is 4.12. The fraction of sp³-hybridized carbons (Fsp3) is 0.200. The molecule has 0 saturated carbocycles. The van der Waals surface area contributed by atoms with E-state index in [-0.39, 0.29) is 5.82 Å². The first-order chi connectivity index (χ1) is 8.15. The molecule has 0 saturated heterocycles. The van der Waals surface area contributed by atoms with Crippen LogP contribution in [0.15, 0.2) is 18.5 Å². The van der Waals surface area contributed by atoms with Gasteiger partial charge in [0.2, 0.25) is 5.88 Å². The Hall–Kier alpha value is -0.750. The normalized spacial score (nSPS) is 11.3. The number of nitrogens with zero attached hydrogens (tertiary/aromatic N) is 3. The highest BCUT2D eigenvalue weighted by molar-refractivity contribution is 14.2. The van der Waals surface area contributed by atoms with E-state index in [1.165, 1.54) is 13.2 Å². The molecule has 0 aliphatic heterocycles. The van der Waals surface area contributed by atoms with E-state index < -0.39 is 0 Å². The number of ether oxygens (including phenoxy) is 1. The van der Waals surface area contributed by atoms with Crippen molar-refractivity contribution in [2.75, 3.05) is 7.11 Å². The van der Waals surface area contributed by atoms with Crippen molar-refractivity contribution < 1.29 is 9.13 Å². The van der Waals surface area contributed by atoms with E-state index in [9.17, 15) is 4.39 Å². The first kappa shape index (κ1) is 12.7. The van der Waals surface area contributed by atoms with Crippen LogP contribution in [-0.2, 0) is 0 Å². The molecular weight excluding hydrogens is 355 g/mol.